The summed E-state index contributed by atoms with van der Waals surface area (Å²) in [4.78, 5) is 4.28. The van der Waals surface area contributed by atoms with Gasteiger partial charge < -0.3 is 4.74 Å². The van der Waals surface area contributed by atoms with E-state index in [2.05, 4.69) is 4.98 Å². The van der Waals surface area contributed by atoms with Gasteiger partial charge in [0.1, 0.15) is 7.85 Å². The summed E-state index contributed by atoms with van der Waals surface area (Å²) in [5.41, 5.74) is 1.67. The van der Waals surface area contributed by atoms with E-state index in [1.165, 1.54) is 0 Å². The molecule has 0 N–H and O–H groups in total. The normalized spacial score (nSPS) is 10.4. The number of hydrogen-bond donors (Lipinski definition) is 0. The van der Waals surface area contributed by atoms with Crippen LogP contribution in [0.2, 0.25) is 0 Å². The standard InChI is InChI=1S/C11H10BNO/c1-7-6-9-8(11(13-7)14-2)4-3-5-10(9)12/h3-6H,1-2H3. The van der Waals surface area contributed by atoms with Crippen LogP contribution >= 0.6 is 0 Å². The van der Waals surface area contributed by atoms with E-state index in [-0.39, 0.29) is 0 Å². The maximum absolute atomic E-state index is 5.87. The first-order chi connectivity index (χ1) is 6.72. The highest BCUT2D eigenvalue weighted by Gasteiger charge is 2.04. The smallest absolute Gasteiger partial charge is 0.221 e. The van der Waals surface area contributed by atoms with Gasteiger partial charge in [-0.15, -0.1) is 0 Å². The fraction of sp³-hybridized carbons (Fsp3) is 0.182. The summed E-state index contributed by atoms with van der Waals surface area (Å²) in [6.45, 7) is 1.92. The average Bonchev–Trinajstić information content (AvgIpc) is 2.18. The molecule has 0 aliphatic heterocycles. The van der Waals surface area contributed by atoms with Gasteiger partial charge >= 0.3 is 0 Å². The number of pyridine rings is 1. The molecule has 0 amide bonds. The van der Waals surface area contributed by atoms with Crippen molar-refractivity contribution in [1.29, 1.82) is 0 Å². The molecule has 2 nitrogen and oxygen atoms in total. The molecular formula is C11H10BNO. The van der Waals surface area contributed by atoms with E-state index in [1.54, 1.807) is 7.11 Å². The topological polar surface area (TPSA) is 22.1 Å². The molecule has 2 radical (unpaired) electrons. The Morgan fingerprint density at radius 2 is 2.07 bits per heavy atom. The summed E-state index contributed by atoms with van der Waals surface area (Å²) in [7, 11) is 7.48. The number of aromatic nitrogens is 1. The average molecular weight is 183 g/mol. The van der Waals surface area contributed by atoms with E-state index in [0.717, 1.165) is 21.9 Å². The fourth-order valence-corrected chi connectivity index (χ4v) is 1.55. The van der Waals surface area contributed by atoms with Crippen molar-refractivity contribution in [2.45, 2.75) is 6.92 Å². The van der Waals surface area contributed by atoms with E-state index in [0.29, 0.717) is 5.88 Å². The van der Waals surface area contributed by atoms with Gasteiger partial charge in [-0.2, -0.15) is 0 Å². The zero-order valence-electron chi connectivity index (χ0n) is 8.24. The van der Waals surface area contributed by atoms with Crippen LogP contribution in [0, 0.1) is 6.92 Å². The maximum atomic E-state index is 5.87. The first-order valence-corrected chi connectivity index (χ1v) is 4.42. The monoisotopic (exact) mass is 183 g/mol. The number of ether oxygens (including phenoxy) is 1. The van der Waals surface area contributed by atoms with E-state index in [9.17, 15) is 0 Å². The fourth-order valence-electron chi connectivity index (χ4n) is 1.55. The van der Waals surface area contributed by atoms with E-state index < -0.39 is 0 Å². The van der Waals surface area contributed by atoms with Crippen molar-refractivity contribution >= 4 is 24.1 Å². The second kappa shape index (κ2) is 3.33. The van der Waals surface area contributed by atoms with Crippen LogP contribution in [-0.2, 0) is 0 Å². The van der Waals surface area contributed by atoms with Gasteiger partial charge in [0.2, 0.25) is 5.88 Å². The molecule has 0 aliphatic carbocycles. The van der Waals surface area contributed by atoms with Crippen molar-refractivity contribution in [3.63, 3.8) is 0 Å². The molecule has 0 bridgehead atoms. The van der Waals surface area contributed by atoms with Crippen LogP contribution in [0.5, 0.6) is 5.88 Å². The van der Waals surface area contributed by atoms with Crippen LogP contribution < -0.4 is 10.2 Å². The van der Waals surface area contributed by atoms with Crippen LogP contribution in [0.25, 0.3) is 10.8 Å². The molecule has 3 heteroatoms. The highest BCUT2D eigenvalue weighted by Crippen LogP contribution is 2.22. The third-order valence-corrected chi connectivity index (χ3v) is 2.19. The molecule has 1 aromatic carbocycles. The van der Waals surface area contributed by atoms with Crippen LogP contribution in [0.1, 0.15) is 5.69 Å². The Morgan fingerprint density at radius 3 is 2.79 bits per heavy atom. The summed E-state index contributed by atoms with van der Waals surface area (Å²) >= 11 is 0. The summed E-state index contributed by atoms with van der Waals surface area (Å²) in [6, 6.07) is 7.70. The number of methoxy groups -OCH3 is 1. The largest absolute Gasteiger partial charge is 0.481 e. The molecule has 0 fully saturated rings. The quantitative estimate of drug-likeness (QED) is 0.622. The van der Waals surface area contributed by atoms with Crippen LogP contribution in [-0.4, -0.2) is 19.9 Å². The predicted molar refractivity (Wildman–Crippen MR) is 58.4 cm³/mol. The van der Waals surface area contributed by atoms with Crippen LogP contribution in [0.3, 0.4) is 0 Å². The maximum Gasteiger partial charge on any atom is 0.221 e. The number of nitrogens with zero attached hydrogens (tertiary/aromatic N) is 1. The molecule has 68 valence electrons. The minimum absolute atomic E-state index is 0.632. The van der Waals surface area contributed by atoms with Crippen molar-refractivity contribution in [2.75, 3.05) is 7.11 Å². The lowest BCUT2D eigenvalue weighted by Gasteiger charge is -2.07. The number of fused-ring (bicyclic) bond motifs is 1. The Morgan fingerprint density at radius 1 is 1.29 bits per heavy atom. The molecule has 2 rings (SSSR count). The second-order valence-electron chi connectivity index (χ2n) is 3.22. The Bertz CT molecular complexity index is 482. The van der Waals surface area contributed by atoms with E-state index in [1.807, 2.05) is 31.2 Å². The molecule has 0 saturated heterocycles. The van der Waals surface area contributed by atoms with Crippen molar-refractivity contribution in [3.05, 3.63) is 30.0 Å². The van der Waals surface area contributed by atoms with Gasteiger partial charge in [0.25, 0.3) is 0 Å². The van der Waals surface area contributed by atoms with Gasteiger partial charge in [0, 0.05) is 11.1 Å². The number of aryl methyl sites for hydroxylation is 1. The molecular weight excluding hydrogens is 173 g/mol. The molecule has 0 aliphatic rings. The Hall–Kier alpha value is -1.51. The molecule has 1 heterocycles. The van der Waals surface area contributed by atoms with Gasteiger partial charge in [-0.05, 0) is 24.4 Å². The van der Waals surface area contributed by atoms with Crippen LogP contribution in [0.15, 0.2) is 24.3 Å². The van der Waals surface area contributed by atoms with Gasteiger partial charge in [-0.1, -0.05) is 17.6 Å². The number of hydrogen-bond acceptors (Lipinski definition) is 2. The zero-order chi connectivity index (χ0) is 10.1. The predicted octanol–water partition coefficient (Wildman–Crippen LogP) is 1.35. The van der Waals surface area contributed by atoms with Crippen molar-refractivity contribution < 1.29 is 4.74 Å². The highest BCUT2D eigenvalue weighted by atomic mass is 16.5. The summed E-state index contributed by atoms with van der Waals surface area (Å²) in [6.07, 6.45) is 0. The molecule has 0 saturated carbocycles. The molecule has 1 aromatic heterocycles. The third kappa shape index (κ3) is 1.35. The first-order valence-electron chi connectivity index (χ1n) is 4.42. The van der Waals surface area contributed by atoms with E-state index >= 15 is 0 Å². The Labute approximate surface area is 84.3 Å². The lowest BCUT2D eigenvalue weighted by molar-refractivity contribution is 0.402. The lowest BCUT2D eigenvalue weighted by atomic mass is 9.90. The second-order valence-corrected chi connectivity index (χ2v) is 3.22. The summed E-state index contributed by atoms with van der Waals surface area (Å²) in [5, 5.41) is 1.95. The molecule has 14 heavy (non-hydrogen) atoms. The first kappa shape index (κ1) is 9.07. The third-order valence-electron chi connectivity index (χ3n) is 2.19. The molecule has 0 atom stereocenters. The van der Waals surface area contributed by atoms with Crippen LogP contribution in [0.4, 0.5) is 0 Å². The minimum Gasteiger partial charge on any atom is -0.481 e. The van der Waals surface area contributed by atoms with Gasteiger partial charge in [0.15, 0.2) is 0 Å². The summed E-state index contributed by atoms with van der Waals surface area (Å²) < 4.78 is 5.20. The van der Waals surface area contributed by atoms with Gasteiger partial charge in [0.05, 0.1) is 7.11 Å². The zero-order valence-corrected chi connectivity index (χ0v) is 8.24. The highest BCUT2D eigenvalue weighted by molar-refractivity contribution is 6.38. The Balaban J connectivity index is 2.87. The molecule has 0 spiro atoms. The van der Waals surface area contributed by atoms with Crippen molar-refractivity contribution in [3.8, 4) is 5.88 Å². The number of benzene rings is 1. The minimum atomic E-state index is 0.632. The van der Waals surface area contributed by atoms with Gasteiger partial charge in [-0.25, -0.2) is 4.98 Å². The molecule has 0 unspecified atom stereocenters. The number of rotatable bonds is 1. The lowest BCUT2D eigenvalue weighted by Crippen LogP contribution is -2.04. The SMILES string of the molecule is [B]c1cccc2c(OC)nc(C)cc12. The Kier molecular flexibility index (Phi) is 2.16. The van der Waals surface area contributed by atoms with Crippen molar-refractivity contribution in [2.24, 2.45) is 0 Å². The summed E-state index contributed by atoms with van der Waals surface area (Å²) in [5.74, 6) is 0.632. The van der Waals surface area contributed by atoms with Gasteiger partial charge in [-0.3, -0.25) is 0 Å². The molecule has 2 aromatic rings. The van der Waals surface area contributed by atoms with Crippen molar-refractivity contribution in [1.82, 2.24) is 4.98 Å². The van der Waals surface area contributed by atoms with E-state index in [4.69, 9.17) is 12.6 Å².